The second-order valence-corrected chi connectivity index (χ2v) is 7.64. The van der Waals surface area contributed by atoms with Crippen LogP contribution in [0.5, 0.6) is 0 Å². The lowest BCUT2D eigenvalue weighted by molar-refractivity contribution is -0.124. The van der Waals surface area contributed by atoms with Crippen molar-refractivity contribution in [2.24, 2.45) is 17.8 Å². The van der Waals surface area contributed by atoms with E-state index in [0.717, 1.165) is 18.4 Å². The van der Waals surface area contributed by atoms with Crippen molar-refractivity contribution in [1.29, 1.82) is 0 Å². The quantitative estimate of drug-likeness (QED) is 0.513. The van der Waals surface area contributed by atoms with Crippen molar-refractivity contribution in [1.82, 2.24) is 0 Å². The Morgan fingerprint density at radius 2 is 1.92 bits per heavy atom. The molecule has 0 saturated heterocycles. The van der Waals surface area contributed by atoms with E-state index >= 15 is 0 Å². The maximum Gasteiger partial charge on any atom is 0.173 e. The molecule has 0 bridgehead atoms. The summed E-state index contributed by atoms with van der Waals surface area (Å²) in [6, 6.07) is 0. The van der Waals surface area contributed by atoms with Crippen molar-refractivity contribution >= 4 is 11.6 Å². The van der Waals surface area contributed by atoms with Gasteiger partial charge in [-0.2, -0.15) is 0 Å². The van der Waals surface area contributed by atoms with E-state index in [9.17, 15) is 14.7 Å². The molecule has 0 aliphatic heterocycles. The fourth-order valence-electron chi connectivity index (χ4n) is 2.86. The highest BCUT2D eigenvalue weighted by atomic mass is 16.5. The normalized spacial score (nSPS) is 19.2. The van der Waals surface area contributed by atoms with Gasteiger partial charge in [-0.3, -0.25) is 9.59 Å². The predicted octanol–water partition coefficient (Wildman–Crippen LogP) is 3.83. The molecule has 2 atom stereocenters. The fraction of sp³-hybridized carbons (Fsp3) is 0.700. The van der Waals surface area contributed by atoms with Gasteiger partial charge < -0.3 is 9.84 Å². The van der Waals surface area contributed by atoms with Gasteiger partial charge in [0.2, 0.25) is 0 Å². The summed E-state index contributed by atoms with van der Waals surface area (Å²) in [4.78, 5) is 25.2. The van der Waals surface area contributed by atoms with E-state index in [-0.39, 0.29) is 35.6 Å². The van der Waals surface area contributed by atoms with Gasteiger partial charge in [-0.1, -0.05) is 39.7 Å². The van der Waals surface area contributed by atoms with Crippen LogP contribution < -0.4 is 0 Å². The largest absolute Gasteiger partial charge is 0.487 e. The molecule has 1 aliphatic rings. The lowest BCUT2D eigenvalue weighted by atomic mass is 9.92. The molecular formula is C20H32O4. The Labute approximate surface area is 146 Å². The first-order valence-corrected chi connectivity index (χ1v) is 8.91. The Bertz CT molecular complexity index is 522. The van der Waals surface area contributed by atoms with Crippen LogP contribution in [-0.4, -0.2) is 29.4 Å². The molecular weight excluding hydrogens is 304 g/mol. The maximum absolute atomic E-state index is 12.7. The third kappa shape index (κ3) is 5.59. The Morgan fingerprint density at radius 1 is 1.29 bits per heavy atom. The lowest BCUT2D eigenvalue weighted by Gasteiger charge is -2.17. The summed E-state index contributed by atoms with van der Waals surface area (Å²) in [7, 11) is 0. The molecule has 0 spiro atoms. The van der Waals surface area contributed by atoms with Crippen LogP contribution in [0.3, 0.4) is 0 Å². The van der Waals surface area contributed by atoms with E-state index in [0.29, 0.717) is 18.1 Å². The molecule has 0 radical (unpaired) electrons. The summed E-state index contributed by atoms with van der Waals surface area (Å²) in [5.74, 6) is 0.314. The number of aliphatic hydroxyl groups excluding tert-OH is 1. The van der Waals surface area contributed by atoms with Crippen LogP contribution in [-0.2, 0) is 14.3 Å². The molecule has 0 aromatic heterocycles. The Morgan fingerprint density at radius 3 is 2.38 bits per heavy atom. The number of allylic oxidation sites excluding steroid dienone is 3. The molecule has 1 unspecified atom stereocenters. The van der Waals surface area contributed by atoms with Crippen LogP contribution in [0.4, 0.5) is 0 Å². The van der Waals surface area contributed by atoms with Gasteiger partial charge in [0.15, 0.2) is 11.6 Å². The highest BCUT2D eigenvalue weighted by molar-refractivity contribution is 6.23. The molecule has 0 fully saturated rings. The highest BCUT2D eigenvalue weighted by Gasteiger charge is 2.39. The lowest BCUT2D eigenvalue weighted by Crippen LogP contribution is -2.21. The molecule has 24 heavy (non-hydrogen) atoms. The number of hydrogen-bond donors (Lipinski definition) is 1. The van der Waals surface area contributed by atoms with Gasteiger partial charge in [0, 0.05) is 18.3 Å². The second kappa shape index (κ2) is 9.16. The van der Waals surface area contributed by atoms with Crippen molar-refractivity contribution in [3.05, 3.63) is 23.0 Å². The van der Waals surface area contributed by atoms with Crippen molar-refractivity contribution in [2.75, 3.05) is 6.61 Å². The summed E-state index contributed by atoms with van der Waals surface area (Å²) in [6.45, 7) is 11.5. The first-order valence-electron chi connectivity index (χ1n) is 8.91. The summed E-state index contributed by atoms with van der Waals surface area (Å²) >= 11 is 0. The number of carbonyl (C=O) groups excluding carboxylic acids is 2. The molecule has 0 saturated carbocycles. The first-order chi connectivity index (χ1) is 11.2. The zero-order chi connectivity index (χ0) is 18.4. The minimum absolute atomic E-state index is 0.0850. The summed E-state index contributed by atoms with van der Waals surface area (Å²) in [5.41, 5.74) is 1.24. The van der Waals surface area contributed by atoms with Gasteiger partial charge in [0.1, 0.15) is 11.9 Å². The smallest absolute Gasteiger partial charge is 0.173 e. The zero-order valence-electron chi connectivity index (χ0n) is 15.9. The number of rotatable bonds is 9. The van der Waals surface area contributed by atoms with Gasteiger partial charge in [0.05, 0.1) is 12.2 Å². The average molecular weight is 336 g/mol. The molecule has 1 N–H and O–H groups in total. The third-order valence-corrected chi connectivity index (χ3v) is 4.18. The molecule has 4 heteroatoms. The van der Waals surface area contributed by atoms with Crippen LogP contribution in [0.25, 0.3) is 0 Å². The zero-order valence-corrected chi connectivity index (χ0v) is 15.9. The Kier molecular flexibility index (Phi) is 7.88. The van der Waals surface area contributed by atoms with Crippen molar-refractivity contribution < 1.29 is 19.4 Å². The molecule has 0 heterocycles. The maximum atomic E-state index is 12.7. The predicted molar refractivity (Wildman–Crippen MR) is 95.4 cm³/mol. The highest BCUT2D eigenvalue weighted by Crippen LogP contribution is 2.35. The van der Waals surface area contributed by atoms with E-state index in [2.05, 4.69) is 13.8 Å². The van der Waals surface area contributed by atoms with Gasteiger partial charge in [-0.15, -0.1) is 0 Å². The van der Waals surface area contributed by atoms with Crippen LogP contribution in [0.15, 0.2) is 23.0 Å². The van der Waals surface area contributed by atoms with Gasteiger partial charge in [0.25, 0.3) is 0 Å². The van der Waals surface area contributed by atoms with Crippen molar-refractivity contribution in [2.45, 2.75) is 66.9 Å². The SMILES string of the molecule is CC(C)=CC(CO)OC1=C(C(=O)C(C)C)C(=O)[C@@H](CCC(C)C)C1. The standard InChI is InChI=1S/C20H32O4/c1-12(2)7-8-15-10-17(24-16(11-21)9-13(3)4)18(20(15)23)19(22)14(5)6/h9,12,14-16,21H,7-8,10-11H2,1-6H3/t15-,16?/m0/s1. The minimum Gasteiger partial charge on any atom is -0.487 e. The third-order valence-electron chi connectivity index (χ3n) is 4.18. The number of ether oxygens (including phenoxy) is 1. The first kappa shape index (κ1) is 20.6. The summed E-state index contributed by atoms with van der Waals surface area (Å²) in [5, 5.41) is 9.52. The molecule has 0 aromatic carbocycles. The van der Waals surface area contributed by atoms with Crippen LogP contribution >= 0.6 is 0 Å². The number of hydrogen-bond acceptors (Lipinski definition) is 4. The fourth-order valence-corrected chi connectivity index (χ4v) is 2.86. The van der Waals surface area contributed by atoms with Crippen LogP contribution in [0.1, 0.15) is 60.8 Å². The van der Waals surface area contributed by atoms with E-state index in [1.54, 1.807) is 13.8 Å². The molecule has 0 aromatic rings. The van der Waals surface area contributed by atoms with Gasteiger partial charge in [-0.25, -0.2) is 0 Å². The number of carbonyl (C=O) groups is 2. The molecule has 136 valence electrons. The van der Waals surface area contributed by atoms with Gasteiger partial charge in [-0.05, 0) is 32.3 Å². The number of ketones is 2. The van der Waals surface area contributed by atoms with Crippen LogP contribution in [0, 0.1) is 17.8 Å². The Hall–Kier alpha value is -1.42. The molecule has 1 rings (SSSR count). The summed E-state index contributed by atoms with van der Waals surface area (Å²) < 4.78 is 5.87. The molecule has 0 amide bonds. The van der Waals surface area contributed by atoms with Gasteiger partial charge >= 0.3 is 0 Å². The average Bonchev–Trinajstić information content (AvgIpc) is 2.78. The second-order valence-electron chi connectivity index (χ2n) is 7.64. The Balaban J connectivity index is 3.05. The monoisotopic (exact) mass is 336 g/mol. The van der Waals surface area contributed by atoms with E-state index in [1.807, 2.05) is 19.9 Å². The summed E-state index contributed by atoms with van der Waals surface area (Å²) in [6.07, 6.45) is 3.48. The van der Waals surface area contributed by atoms with E-state index in [4.69, 9.17) is 4.74 Å². The molecule has 1 aliphatic carbocycles. The minimum atomic E-state index is -0.517. The number of aliphatic hydroxyl groups is 1. The van der Waals surface area contributed by atoms with E-state index in [1.165, 1.54) is 0 Å². The van der Waals surface area contributed by atoms with Crippen molar-refractivity contribution in [3.8, 4) is 0 Å². The molecule has 4 nitrogen and oxygen atoms in total. The van der Waals surface area contributed by atoms with Crippen LogP contribution in [0.2, 0.25) is 0 Å². The number of Topliss-reactive ketones (excluding diaryl/α,β-unsaturated/α-hetero) is 2. The topological polar surface area (TPSA) is 63.6 Å². The van der Waals surface area contributed by atoms with E-state index < -0.39 is 6.10 Å². The van der Waals surface area contributed by atoms with Crippen molar-refractivity contribution in [3.63, 3.8) is 0 Å².